The Morgan fingerprint density at radius 3 is 2.62 bits per heavy atom. The molecule has 1 aromatic carbocycles. The summed E-state index contributed by atoms with van der Waals surface area (Å²) in [6, 6.07) is 11.5. The molecule has 3 heterocycles. The number of thiazole rings is 1. The van der Waals surface area contributed by atoms with Crippen LogP contribution in [-0.4, -0.2) is 21.0 Å². The summed E-state index contributed by atoms with van der Waals surface area (Å²) >= 11 is 13.3. The van der Waals surface area contributed by atoms with Gasteiger partial charge in [0, 0.05) is 18.0 Å². The van der Waals surface area contributed by atoms with Gasteiger partial charge in [-0.1, -0.05) is 34.5 Å². The van der Waals surface area contributed by atoms with Crippen molar-refractivity contribution >= 4 is 62.3 Å². The molecular weight excluding hydrogens is 433 g/mol. The predicted octanol–water partition coefficient (Wildman–Crippen LogP) is 5.62. The second-order valence-corrected chi connectivity index (χ2v) is 7.69. The van der Waals surface area contributed by atoms with Crippen LogP contribution >= 0.6 is 34.5 Å². The van der Waals surface area contributed by atoms with E-state index in [4.69, 9.17) is 27.9 Å². The summed E-state index contributed by atoms with van der Waals surface area (Å²) in [6.07, 6.45) is 3.24. The third kappa shape index (κ3) is 4.92. The van der Waals surface area contributed by atoms with Gasteiger partial charge in [-0.05, 0) is 36.4 Å². The van der Waals surface area contributed by atoms with Crippen LogP contribution in [0.25, 0.3) is 10.3 Å². The first-order chi connectivity index (χ1) is 14.1. The van der Waals surface area contributed by atoms with Crippen molar-refractivity contribution in [3.63, 3.8) is 0 Å². The summed E-state index contributed by atoms with van der Waals surface area (Å²) in [5, 5.41) is 6.93. The van der Waals surface area contributed by atoms with Gasteiger partial charge in [0.2, 0.25) is 5.88 Å². The van der Waals surface area contributed by atoms with Gasteiger partial charge >= 0.3 is 6.03 Å². The highest BCUT2D eigenvalue weighted by Gasteiger charge is 2.07. The number of carbonyl (C=O) groups is 1. The molecule has 0 bridgehead atoms. The molecule has 0 radical (unpaired) electrons. The van der Waals surface area contributed by atoms with E-state index in [-0.39, 0.29) is 0 Å². The lowest BCUT2D eigenvalue weighted by molar-refractivity contribution is 0.262. The van der Waals surface area contributed by atoms with Crippen LogP contribution in [0.3, 0.4) is 0 Å². The molecule has 0 unspecified atom stereocenters. The minimum absolute atomic E-state index is 0.290. The predicted molar refractivity (Wildman–Crippen MR) is 115 cm³/mol. The molecule has 0 spiro atoms. The molecule has 146 valence electrons. The molecule has 0 aliphatic carbocycles. The molecule has 29 heavy (non-hydrogen) atoms. The monoisotopic (exact) mass is 445 g/mol. The molecule has 0 saturated carbocycles. The summed E-state index contributed by atoms with van der Waals surface area (Å²) in [5.74, 6) is 0.424. The second-order valence-electron chi connectivity index (χ2n) is 5.82. The largest absolute Gasteiger partial charge is 0.470 e. The SMILES string of the molecule is O=C(Nc1ccc(OCc2nc3cccnc3s2)nc1)Nc1ccc(Cl)c(Cl)c1. The van der Waals surface area contributed by atoms with Crippen molar-refractivity contribution in [2.24, 2.45) is 0 Å². The third-order valence-electron chi connectivity index (χ3n) is 3.73. The number of rotatable bonds is 5. The van der Waals surface area contributed by atoms with Gasteiger partial charge in [-0.15, -0.1) is 0 Å². The van der Waals surface area contributed by atoms with E-state index in [0.29, 0.717) is 33.9 Å². The minimum Gasteiger partial charge on any atom is -0.470 e. The van der Waals surface area contributed by atoms with Crippen LogP contribution in [0.1, 0.15) is 5.01 Å². The van der Waals surface area contributed by atoms with Gasteiger partial charge in [0.25, 0.3) is 0 Å². The van der Waals surface area contributed by atoms with E-state index in [1.807, 2.05) is 12.1 Å². The number of pyridine rings is 2. The number of anilines is 2. The number of ether oxygens (including phenoxy) is 1. The normalized spacial score (nSPS) is 10.7. The Hall–Kier alpha value is -2.94. The molecule has 7 nitrogen and oxygen atoms in total. The van der Waals surface area contributed by atoms with Crippen LogP contribution in [0.5, 0.6) is 5.88 Å². The highest BCUT2D eigenvalue weighted by Crippen LogP contribution is 2.25. The number of nitrogens with zero attached hydrogens (tertiary/aromatic N) is 3. The van der Waals surface area contributed by atoms with E-state index in [2.05, 4.69) is 25.6 Å². The molecule has 0 aliphatic rings. The number of aromatic nitrogens is 3. The molecule has 2 amide bonds. The zero-order valence-corrected chi connectivity index (χ0v) is 17.1. The average molecular weight is 446 g/mol. The molecular formula is C19H13Cl2N5O2S. The topological polar surface area (TPSA) is 89.0 Å². The number of benzene rings is 1. The van der Waals surface area contributed by atoms with Crippen LogP contribution < -0.4 is 15.4 Å². The molecule has 0 atom stereocenters. The number of carbonyl (C=O) groups excluding carboxylic acids is 1. The number of fused-ring (bicyclic) bond motifs is 1. The van der Waals surface area contributed by atoms with Crippen LogP contribution in [-0.2, 0) is 6.61 Å². The van der Waals surface area contributed by atoms with Gasteiger partial charge < -0.3 is 15.4 Å². The van der Waals surface area contributed by atoms with Crippen molar-refractivity contribution in [2.45, 2.75) is 6.61 Å². The Labute approximate surface area is 179 Å². The van der Waals surface area contributed by atoms with E-state index < -0.39 is 6.03 Å². The molecule has 2 N–H and O–H groups in total. The number of nitrogens with one attached hydrogen (secondary N) is 2. The summed E-state index contributed by atoms with van der Waals surface area (Å²) in [5.41, 5.74) is 1.88. The van der Waals surface area contributed by atoms with E-state index in [0.717, 1.165) is 15.4 Å². The van der Waals surface area contributed by atoms with Crippen molar-refractivity contribution in [3.8, 4) is 5.88 Å². The van der Waals surface area contributed by atoms with Crippen molar-refractivity contribution in [1.82, 2.24) is 15.0 Å². The molecule has 4 rings (SSSR count). The van der Waals surface area contributed by atoms with Gasteiger partial charge in [0.15, 0.2) is 0 Å². The standard InChI is InChI=1S/C19H13Cl2N5O2S/c20-13-5-3-11(8-14(13)21)24-19(27)25-12-4-6-16(23-9-12)28-10-17-26-15-2-1-7-22-18(15)29-17/h1-9H,10H2,(H2,24,25,27). The molecule has 4 aromatic rings. The van der Waals surface area contributed by atoms with E-state index in [1.165, 1.54) is 17.5 Å². The van der Waals surface area contributed by atoms with Gasteiger partial charge in [0.1, 0.15) is 22.0 Å². The Balaban J connectivity index is 1.32. The Bertz CT molecular complexity index is 1130. The summed E-state index contributed by atoms with van der Waals surface area (Å²) in [4.78, 5) is 25.9. The van der Waals surface area contributed by atoms with Gasteiger partial charge in [-0.3, -0.25) is 0 Å². The number of amides is 2. The van der Waals surface area contributed by atoms with Crippen molar-refractivity contribution in [3.05, 3.63) is 69.9 Å². The van der Waals surface area contributed by atoms with Crippen molar-refractivity contribution < 1.29 is 9.53 Å². The fraction of sp³-hybridized carbons (Fsp3) is 0.0526. The number of halogens is 2. The maximum atomic E-state index is 12.1. The highest BCUT2D eigenvalue weighted by molar-refractivity contribution is 7.18. The van der Waals surface area contributed by atoms with Gasteiger partial charge in [-0.2, -0.15) is 0 Å². The van der Waals surface area contributed by atoms with E-state index >= 15 is 0 Å². The lowest BCUT2D eigenvalue weighted by Crippen LogP contribution is -2.19. The van der Waals surface area contributed by atoms with Crippen LogP contribution in [0.15, 0.2) is 54.9 Å². The van der Waals surface area contributed by atoms with E-state index in [1.54, 1.807) is 36.5 Å². The summed E-state index contributed by atoms with van der Waals surface area (Å²) in [7, 11) is 0. The first-order valence-electron chi connectivity index (χ1n) is 8.39. The molecule has 0 aliphatic heterocycles. The maximum absolute atomic E-state index is 12.1. The fourth-order valence-electron chi connectivity index (χ4n) is 2.42. The number of urea groups is 1. The lowest BCUT2D eigenvalue weighted by atomic mass is 10.3. The zero-order valence-electron chi connectivity index (χ0n) is 14.7. The number of hydrogen-bond acceptors (Lipinski definition) is 6. The molecule has 3 aromatic heterocycles. The smallest absolute Gasteiger partial charge is 0.323 e. The van der Waals surface area contributed by atoms with Crippen molar-refractivity contribution in [1.29, 1.82) is 0 Å². The van der Waals surface area contributed by atoms with Crippen molar-refractivity contribution in [2.75, 3.05) is 10.6 Å². The Morgan fingerprint density at radius 2 is 1.86 bits per heavy atom. The highest BCUT2D eigenvalue weighted by atomic mass is 35.5. The number of hydrogen-bond donors (Lipinski definition) is 2. The Morgan fingerprint density at radius 1 is 1.03 bits per heavy atom. The van der Waals surface area contributed by atoms with E-state index in [9.17, 15) is 4.79 Å². The van der Waals surface area contributed by atoms with Crippen LogP contribution in [0.2, 0.25) is 10.0 Å². The summed E-state index contributed by atoms with van der Waals surface area (Å²) < 4.78 is 5.66. The zero-order chi connectivity index (χ0) is 20.2. The first-order valence-corrected chi connectivity index (χ1v) is 9.96. The Kier molecular flexibility index (Phi) is 5.75. The van der Waals surface area contributed by atoms with Gasteiger partial charge in [-0.25, -0.2) is 19.7 Å². The minimum atomic E-state index is -0.430. The fourth-order valence-corrected chi connectivity index (χ4v) is 3.53. The second kappa shape index (κ2) is 8.60. The summed E-state index contributed by atoms with van der Waals surface area (Å²) in [6.45, 7) is 0.290. The molecule has 10 heteroatoms. The first kappa shape index (κ1) is 19.4. The van der Waals surface area contributed by atoms with Crippen LogP contribution in [0, 0.1) is 0 Å². The molecule has 0 saturated heterocycles. The third-order valence-corrected chi connectivity index (χ3v) is 5.42. The van der Waals surface area contributed by atoms with Gasteiger partial charge in [0.05, 0.1) is 21.9 Å². The average Bonchev–Trinajstić information content (AvgIpc) is 3.13. The lowest BCUT2D eigenvalue weighted by Gasteiger charge is -2.09. The quantitative estimate of drug-likeness (QED) is 0.416. The van der Waals surface area contributed by atoms with Crippen LogP contribution in [0.4, 0.5) is 16.2 Å². The maximum Gasteiger partial charge on any atom is 0.323 e. The molecule has 0 fully saturated rings.